The lowest BCUT2D eigenvalue weighted by molar-refractivity contribution is -0.118. The summed E-state index contributed by atoms with van der Waals surface area (Å²) in [5.41, 5.74) is 3.84. The molecular weight excluding hydrogens is 455 g/mol. The highest BCUT2D eigenvalue weighted by atomic mass is 35.5. The molecular formula is C22H16Cl2N4O4. The highest BCUT2D eigenvalue weighted by molar-refractivity contribution is 6.41. The SMILES string of the molecule is COc1cc(OC)c(Cl)c(-c2cc3[nH]nc(-c4ccc5c(c4)NC(=O)CO5)c3cn2)c1Cl. The van der Waals surface area contributed by atoms with Gasteiger partial charge in [-0.1, -0.05) is 23.2 Å². The van der Waals surface area contributed by atoms with Crippen molar-refractivity contribution in [1.29, 1.82) is 0 Å². The minimum Gasteiger partial charge on any atom is -0.495 e. The van der Waals surface area contributed by atoms with Gasteiger partial charge in [0.25, 0.3) is 5.91 Å². The molecule has 1 amide bonds. The Kier molecular flexibility index (Phi) is 5.03. The number of pyridine rings is 1. The number of benzene rings is 2. The monoisotopic (exact) mass is 470 g/mol. The van der Waals surface area contributed by atoms with Crippen LogP contribution in [0.1, 0.15) is 0 Å². The Bertz CT molecular complexity index is 1360. The Morgan fingerprint density at radius 1 is 1.06 bits per heavy atom. The van der Waals surface area contributed by atoms with Crippen LogP contribution in [0, 0.1) is 0 Å². The van der Waals surface area contributed by atoms with Crippen LogP contribution in [0.2, 0.25) is 10.0 Å². The molecule has 0 bridgehead atoms. The number of H-pyrrole nitrogens is 1. The molecule has 4 aromatic rings. The number of aromatic nitrogens is 3. The van der Waals surface area contributed by atoms with Crippen molar-refractivity contribution in [2.24, 2.45) is 0 Å². The molecule has 1 aliphatic rings. The van der Waals surface area contributed by atoms with Gasteiger partial charge in [-0.25, -0.2) is 0 Å². The second-order valence-electron chi connectivity index (χ2n) is 7.02. The second-order valence-corrected chi connectivity index (χ2v) is 7.78. The van der Waals surface area contributed by atoms with Crippen LogP contribution in [0.15, 0.2) is 36.5 Å². The molecule has 0 fully saturated rings. The van der Waals surface area contributed by atoms with Gasteiger partial charge in [0.1, 0.15) is 22.9 Å². The first-order valence-electron chi connectivity index (χ1n) is 9.51. The van der Waals surface area contributed by atoms with E-state index >= 15 is 0 Å². The van der Waals surface area contributed by atoms with Crippen molar-refractivity contribution in [2.45, 2.75) is 0 Å². The van der Waals surface area contributed by atoms with Crippen LogP contribution in [0.3, 0.4) is 0 Å². The average Bonchev–Trinajstić information content (AvgIpc) is 3.22. The predicted molar refractivity (Wildman–Crippen MR) is 122 cm³/mol. The number of hydrogen-bond acceptors (Lipinski definition) is 6. The molecule has 5 rings (SSSR count). The number of carbonyl (C=O) groups excluding carboxylic acids is 1. The van der Waals surface area contributed by atoms with Crippen molar-refractivity contribution in [3.05, 3.63) is 46.6 Å². The molecule has 2 aromatic heterocycles. The van der Waals surface area contributed by atoms with E-state index in [9.17, 15) is 4.79 Å². The van der Waals surface area contributed by atoms with E-state index in [0.29, 0.717) is 49.9 Å². The maximum Gasteiger partial charge on any atom is 0.262 e. The first-order chi connectivity index (χ1) is 15.5. The fourth-order valence-electron chi connectivity index (χ4n) is 3.61. The first-order valence-corrected chi connectivity index (χ1v) is 10.3. The Balaban J connectivity index is 1.61. The minimum atomic E-state index is -0.199. The molecule has 3 heterocycles. The lowest BCUT2D eigenvalue weighted by Crippen LogP contribution is -2.25. The van der Waals surface area contributed by atoms with Gasteiger partial charge in [0, 0.05) is 28.8 Å². The molecule has 32 heavy (non-hydrogen) atoms. The third-order valence-corrected chi connectivity index (χ3v) is 5.91. The number of aromatic amines is 1. The normalized spacial score (nSPS) is 12.8. The number of amides is 1. The van der Waals surface area contributed by atoms with Crippen molar-refractivity contribution in [3.63, 3.8) is 0 Å². The van der Waals surface area contributed by atoms with Crippen LogP contribution in [-0.2, 0) is 4.79 Å². The average molecular weight is 471 g/mol. The molecule has 0 saturated carbocycles. The van der Waals surface area contributed by atoms with Crippen molar-refractivity contribution in [1.82, 2.24) is 15.2 Å². The number of halogens is 2. The van der Waals surface area contributed by atoms with Crippen molar-refractivity contribution in [2.75, 3.05) is 26.1 Å². The number of fused-ring (bicyclic) bond motifs is 2. The van der Waals surface area contributed by atoms with E-state index in [2.05, 4.69) is 20.5 Å². The third-order valence-electron chi connectivity index (χ3n) is 5.16. The van der Waals surface area contributed by atoms with Gasteiger partial charge in [-0.2, -0.15) is 5.10 Å². The lowest BCUT2D eigenvalue weighted by Gasteiger charge is -2.18. The van der Waals surface area contributed by atoms with Crippen LogP contribution in [0.25, 0.3) is 33.4 Å². The fraction of sp³-hybridized carbons (Fsp3) is 0.136. The van der Waals surface area contributed by atoms with Gasteiger partial charge < -0.3 is 19.5 Å². The number of rotatable bonds is 4. The number of ether oxygens (including phenoxy) is 3. The molecule has 0 aliphatic carbocycles. The molecule has 8 nitrogen and oxygen atoms in total. The maximum absolute atomic E-state index is 11.6. The smallest absolute Gasteiger partial charge is 0.262 e. The molecule has 0 spiro atoms. The van der Waals surface area contributed by atoms with Crippen LogP contribution in [0.5, 0.6) is 17.2 Å². The highest BCUT2D eigenvalue weighted by Gasteiger charge is 2.22. The van der Waals surface area contributed by atoms with E-state index in [1.54, 1.807) is 24.4 Å². The largest absolute Gasteiger partial charge is 0.495 e. The van der Waals surface area contributed by atoms with Crippen molar-refractivity contribution < 1.29 is 19.0 Å². The second kappa shape index (κ2) is 7.89. The fourth-order valence-corrected chi connectivity index (χ4v) is 4.30. The van der Waals surface area contributed by atoms with Gasteiger partial charge in [-0.3, -0.25) is 14.9 Å². The summed E-state index contributed by atoms with van der Waals surface area (Å²) >= 11 is 13.1. The number of nitrogens with one attached hydrogen (secondary N) is 2. The number of nitrogens with zero attached hydrogens (tertiary/aromatic N) is 2. The molecule has 0 atom stereocenters. The molecule has 0 unspecified atom stereocenters. The molecule has 2 aromatic carbocycles. The minimum absolute atomic E-state index is 0.00452. The van der Waals surface area contributed by atoms with Gasteiger partial charge in [0.2, 0.25) is 0 Å². The van der Waals surface area contributed by atoms with Gasteiger partial charge in [-0.15, -0.1) is 0 Å². The Labute approximate surface area is 192 Å². The molecule has 162 valence electrons. The van der Waals surface area contributed by atoms with Gasteiger partial charge in [0.05, 0.1) is 41.2 Å². The number of hydrogen-bond donors (Lipinski definition) is 2. The van der Waals surface area contributed by atoms with E-state index in [1.807, 2.05) is 12.1 Å². The summed E-state index contributed by atoms with van der Waals surface area (Å²) in [7, 11) is 3.03. The van der Waals surface area contributed by atoms with Crippen molar-refractivity contribution >= 4 is 45.7 Å². The summed E-state index contributed by atoms with van der Waals surface area (Å²) in [4.78, 5) is 16.2. The third kappa shape index (κ3) is 3.28. The van der Waals surface area contributed by atoms with E-state index in [4.69, 9.17) is 37.4 Å². The van der Waals surface area contributed by atoms with Crippen LogP contribution in [-0.4, -0.2) is 41.9 Å². The number of methoxy groups -OCH3 is 2. The van der Waals surface area contributed by atoms with Gasteiger partial charge in [-0.05, 0) is 24.3 Å². The van der Waals surface area contributed by atoms with Crippen LogP contribution < -0.4 is 19.5 Å². The summed E-state index contributed by atoms with van der Waals surface area (Å²) in [5, 5.41) is 11.7. The summed E-state index contributed by atoms with van der Waals surface area (Å²) in [6, 6.07) is 8.92. The molecule has 0 saturated heterocycles. The van der Waals surface area contributed by atoms with E-state index < -0.39 is 0 Å². The Morgan fingerprint density at radius 3 is 2.53 bits per heavy atom. The molecule has 0 radical (unpaired) electrons. The van der Waals surface area contributed by atoms with E-state index in [-0.39, 0.29) is 12.5 Å². The van der Waals surface area contributed by atoms with Crippen LogP contribution >= 0.6 is 23.2 Å². The highest BCUT2D eigenvalue weighted by Crippen LogP contribution is 2.46. The molecule has 2 N–H and O–H groups in total. The van der Waals surface area contributed by atoms with Crippen molar-refractivity contribution in [3.8, 4) is 39.8 Å². The van der Waals surface area contributed by atoms with Gasteiger partial charge in [0.15, 0.2) is 6.61 Å². The topological polar surface area (TPSA) is 98.4 Å². The van der Waals surface area contributed by atoms with Crippen LogP contribution in [0.4, 0.5) is 5.69 Å². The maximum atomic E-state index is 11.6. The zero-order chi connectivity index (χ0) is 22.4. The summed E-state index contributed by atoms with van der Waals surface area (Å²) in [6.45, 7) is 0.00452. The number of anilines is 1. The van der Waals surface area contributed by atoms with E-state index in [1.165, 1.54) is 14.2 Å². The Hall–Kier alpha value is -3.49. The number of carbonyl (C=O) groups is 1. The van der Waals surface area contributed by atoms with E-state index in [0.717, 1.165) is 16.5 Å². The predicted octanol–water partition coefficient (Wildman–Crippen LogP) is 4.95. The summed E-state index contributed by atoms with van der Waals surface area (Å²) in [5.74, 6) is 1.27. The first kappa shape index (κ1) is 20.4. The Morgan fingerprint density at radius 2 is 1.81 bits per heavy atom. The summed E-state index contributed by atoms with van der Waals surface area (Å²) < 4.78 is 16.1. The quantitative estimate of drug-likeness (QED) is 0.437. The standard InChI is InChI=1S/C22H16Cl2N4O4/c1-30-16-7-17(31-2)21(24)19(20(16)23)14-6-12-11(8-25-14)22(28-27-12)10-3-4-15-13(5-10)26-18(29)9-32-15/h3-8H,9H2,1-2H3,(H,26,29)(H,27,28). The zero-order valence-electron chi connectivity index (χ0n) is 17.0. The zero-order valence-corrected chi connectivity index (χ0v) is 18.5. The lowest BCUT2D eigenvalue weighted by atomic mass is 10.1. The molecule has 10 heteroatoms. The summed E-state index contributed by atoms with van der Waals surface area (Å²) in [6.07, 6.45) is 1.69. The van der Waals surface area contributed by atoms with Gasteiger partial charge >= 0.3 is 0 Å². The molecule has 1 aliphatic heterocycles.